The molecule has 3 rings (SSSR count). The Hall–Kier alpha value is -2.71. The minimum atomic E-state index is -0.541. The van der Waals surface area contributed by atoms with Crippen molar-refractivity contribution in [3.05, 3.63) is 47.8 Å². The molecule has 1 aromatic carbocycles. The molecule has 23 heavy (non-hydrogen) atoms. The minimum absolute atomic E-state index is 0.541. The topological polar surface area (TPSA) is 77.4 Å². The van der Waals surface area contributed by atoms with Crippen LogP contribution in [0.15, 0.2) is 36.7 Å². The monoisotopic (exact) mass is 305 g/mol. The maximum Gasteiger partial charge on any atom is 0.155 e. The minimum Gasteiger partial charge on any atom is -0.316 e. The summed E-state index contributed by atoms with van der Waals surface area (Å²) in [6, 6.07) is 10.7. The van der Waals surface area contributed by atoms with Crippen LogP contribution in [0.4, 0.5) is 0 Å². The first-order valence-electron chi connectivity index (χ1n) is 7.54. The van der Waals surface area contributed by atoms with Crippen LogP contribution in [0.5, 0.6) is 0 Å². The van der Waals surface area contributed by atoms with E-state index in [1.54, 1.807) is 12.4 Å². The lowest BCUT2D eigenvalue weighted by molar-refractivity contribution is 0.684. The van der Waals surface area contributed by atoms with E-state index in [0.717, 1.165) is 39.8 Å². The van der Waals surface area contributed by atoms with Crippen LogP contribution in [0.2, 0.25) is 0 Å². The Kier molecular flexibility index (Phi) is 3.85. The number of rotatable bonds is 4. The van der Waals surface area contributed by atoms with E-state index in [-0.39, 0.29) is 0 Å². The van der Waals surface area contributed by atoms with Gasteiger partial charge in [0.25, 0.3) is 0 Å². The van der Waals surface area contributed by atoms with Crippen LogP contribution in [0, 0.1) is 11.3 Å². The van der Waals surface area contributed by atoms with E-state index in [4.69, 9.17) is 0 Å². The fraction of sp³-hybridized carbons (Fsp3) is 0.278. The molecule has 0 saturated heterocycles. The lowest BCUT2D eigenvalue weighted by Gasteiger charge is -2.19. The third-order valence-corrected chi connectivity index (χ3v) is 4.04. The zero-order valence-electron chi connectivity index (χ0n) is 13.5. The van der Waals surface area contributed by atoms with Gasteiger partial charge >= 0.3 is 0 Å². The Morgan fingerprint density at radius 2 is 2.13 bits per heavy atom. The molecule has 0 saturated carbocycles. The summed E-state index contributed by atoms with van der Waals surface area (Å²) in [6.07, 6.45) is 3.56. The Bertz CT molecular complexity index is 886. The van der Waals surface area contributed by atoms with Crippen LogP contribution in [0.25, 0.3) is 22.2 Å². The van der Waals surface area contributed by atoms with Crippen LogP contribution in [0.3, 0.4) is 0 Å². The van der Waals surface area contributed by atoms with Gasteiger partial charge < -0.3 is 5.32 Å². The van der Waals surface area contributed by atoms with Gasteiger partial charge in [0.05, 0.1) is 17.7 Å². The highest BCUT2D eigenvalue weighted by molar-refractivity contribution is 5.92. The summed E-state index contributed by atoms with van der Waals surface area (Å²) in [5.41, 5.74) is 4.53. The zero-order valence-corrected chi connectivity index (χ0v) is 13.5. The number of hydrogen-bond acceptors (Lipinski definition) is 4. The van der Waals surface area contributed by atoms with E-state index in [1.807, 2.05) is 27.0 Å². The zero-order chi connectivity index (χ0) is 16.4. The first-order chi connectivity index (χ1) is 11.0. The Morgan fingerprint density at radius 3 is 2.87 bits per heavy atom. The van der Waals surface area contributed by atoms with Gasteiger partial charge in [0.1, 0.15) is 0 Å². The molecule has 0 bridgehead atoms. The van der Waals surface area contributed by atoms with Crippen LogP contribution in [0.1, 0.15) is 25.0 Å². The van der Waals surface area contributed by atoms with E-state index in [1.165, 1.54) is 0 Å². The smallest absolute Gasteiger partial charge is 0.155 e. The van der Waals surface area contributed by atoms with E-state index >= 15 is 0 Å². The second-order valence-corrected chi connectivity index (χ2v) is 6.18. The molecule has 0 atom stereocenters. The number of nitriles is 1. The third kappa shape index (κ3) is 2.81. The summed E-state index contributed by atoms with van der Waals surface area (Å²) in [7, 11) is 1.92. The van der Waals surface area contributed by atoms with Crippen LogP contribution < -0.4 is 5.32 Å². The van der Waals surface area contributed by atoms with Gasteiger partial charge in [0.15, 0.2) is 5.65 Å². The predicted octanol–water partition coefficient (Wildman–Crippen LogP) is 3.15. The third-order valence-electron chi connectivity index (χ3n) is 4.04. The van der Waals surface area contributed by atoms with Crippen molar-refractivity contribution in [3.63, 3.8) is 0 Å². The van der Waals surface area contributed by atoms with Gasteiger partial charge in [-0.3, -0.25) is 5.10 Å². The molecule has 0 aliphatic carbocycles. The van der Waals surface area contributed by atoms with Crippen molar-refractivity contribution in [3.8, 4) is 17.2 Å². The largest absolute Gasteiger partial charge is 0.316 e. The maximum absolute atomic E-state index is 9.48. The molecule has 0 radical (unpaired) electrons. The van der Waals surface area contributed by atoms with Crippen LogP contribution in [-0.2, 0) is 12.0 Å². The van der Waals surface area contributed by atoms with Gasteiger partial charge in [0, 0.05) is 18.1 Å². The van der Waals surface area contributed by atoms with Crippen molar-refractivity contribution in [2.75, 3.05) is 7.05 Å². The van der Waals surface area contributed by atoms with Crippen molar-refractivity contribution in [1.29, 1.82) is 5.26 Å². The highest BCUT2D eigenvalue weighted by Crippen LogP contribution is 2.32. The molecule has 0 spiro atoms. The van der Waals surface area contributed by atoms with Crippen molar-refractivity contribution in [1.82, 2.24) is 20.5 Å². The quantitative estimate of drug-likeness (QED) is 0.776. The second-order valence-electron chi connectivity index (χ2n) is 6.18. The second kappa shape index (κ2) is 5.82. The van der Waals surface area contributed by atoms with Gasteiger partial charge in [-0.1, -0.05) is 6.07 Å². The van der Waals surface area contributed by atoms with Crippen molar-refractivity contribution in [2.24, 2.45) is 0 Å². The van der Waals surface area contributed by atoms with Gasteiger partial charge in [-0.15, -0.1) is 0 Å². The van der Waals surface area contributed by atoms with Crippen molar-refractivity contribution >= 4 is 11.0 Å². The summed E-state index contributed by atoms with van der Waals surface area (Å²) in [6.45, 7) is 4.63. The molecule has 5 heteroatoms. The highest BCUT2D eigenvalue weighted by Gasteiger charge is 2.21. The van der Waals surface area contributed by atoms with E-state index < -0.39 is 5.41 Å². The van der Waals surface area contributed by atoms with Crippen LogP contribution in [-0.4, -0.2) is 22.2 Å². The fourth-order valence-electron chi connectivity index (χ4n) is 2.68. The molecule has 0 unspecified atom stereocenters. The lowest BCUT2D eigenvalue weighted by Crippen LogP contribution is -2.15. The normalized spacial score (nSPS) is 11.6. The first-order valence-corrected chi connectivity index (χ1v) is 7.54. The summed E-state index contributed by atoms with van der Waals surface area (Å²) >= 11 is 0. The molecule has 2 heterocycles. The van der Waals surface area contributed by atoms with Crippen molar-refractivity contribution in [2.45, 2.75) is 25.8 Å². The molecule has 2 N–H and O–H groups in total. The number of hydrogen-bond donors (Lipinski definition) is 2. The lowest BCUT2D eigenvalue weighted by atomic mass is 9.83. The molecule has 5 nitrogen and oxygen atoms in total. The number of aromatic amines is 1. The summed E-state index contributed by atoms with van der Waals surface area (Å²) in [5.74, 6) is 0. The fourth-order valence-corrected chi connectivity index (χ4v) is 2.68. The average Bonchev–Trinajstić information content (AvgIpc) is 3.03. The Balaban J connectivity index is 2.23. The number of pyridine rings is 1. The highest BCUT2D eigenvalue weighted by atomic mass is 15.1. The summed E-state index contributed by atoms with van der Waals surface area (Å²) < 4.78 is 0. The van der Waals surface area contributed by atoms with E-state index in [2.05, 4.69) is 44.8 Å². The predicted molar refractivity (Wildman–Crippen MR) is 90.7 cm³/mol. The van der Waals surface area contributed by atoms with E-state index in [9.17, 15) is 5.26 Å². The molecule has 0 aliphatic rings. The Labute approximate surface area is 135 Å². The molecule has 0 aliphatic heterocycles. The molecular formula is C18H19N5. The number of benzene rings is 1. The molecule has 2 aromatic heterocycles. The number of H-pyrrole nitrogens is 1. The molecule has 3 aromatic rings. The summed E-state index contributed by atoms with van der Waals surface area (Å²) in [4.78, 5) is 4.29. The number of aromatic nitrogens is 3. The number of nitrogens with one attached hydrogen (secondary N) is 2. The maximum atomic E-state index is 9.48. The average molecular weight is 305 g/mol. The van der Waals surface area contributed by atoms with Gasteiger partial charge in [-0.2, -0.15) is 10.4 Å². The Morgan fingerprint density at radius 1 is 1.30 bits per heavy atom. The standard InChI is InChI=1S/C18H19N5/c1-18(2,11-19)14-7-12(9-20-3)6-13(8-14)15-4-5-21-17-16(15)10-22-23-17/h4-8,10,20H,9H2,1-3H3,(H,21,22,23). The van der Waals surface area contributed by atoms with E-state index in [0.29, 0.717) is 0 Å². The molecule has 116 valence electrons. The number of nitrogens with zero attached hydrogens (tertiary/aromatic N) is 3. The van der Waals surface area contributed by atoms with Gasteiger partial charge in [0.2, 0.25) is 0 Å². The van der Waals surface area contributed by atoms with Gasteiger partial charge in [-0.25, -0.2) is 4.98 Å². The molecule has 0 fully saturated rings. The SMILES string of the molecule is CNCc1cc(-c2ccnc3[nH]ncc23)cc(C(C)(C)C#N)c1. The van der Waals surface area contributed by atoms with Gasteiger partial charge in [-0.05, 0) is 61.3 Å². The molecular weight excluding hydrogens is 286 g/mol. The summed E-state index contributed by atoms with van der Waals surface area (Å²) in [5, 5.41) is 20.6. The van der Waals surface area contributed by atoms with Crippen LogP contribution >= 0.6 is 0 Å². The molecule has 0 amide bonds. The number of fused-ring (bicyclic) bond motifs is 1. The first kappa shape index (κ1) is 15.2. The van der Waals surface area contributed by atoms with Crippen molar-refractivity contribution < 1.29 is 0 Å².